The van der Waals surface area contributed by atoms with Crippen molar-refractivity contribution in [3.63, 3.8) is 0 Å². The molecule has 162 valence electrons. The maximum atomic E-state index is 12.2. The Kier molecular flexibility index (Phi) is 7.08. The third-order valence-corrected chi connectivity index (χ3v) is 5.39. The minimum atomic E-state index is -0.269. The second kappa shape index (κ2) is 10.5. The van der Waals surface area contributed by atoms with Gasteiger partial charge in [-0.3, -0.25) is 9.59 Å². The molecule has 0 aliphatic heterocycles. The minimum absolute atomic E-state index is 0.0519. The van der Waals surface area contributed by atoms with Gasteiger partial charge in [0.05, 0.1) is 11.4 Å². The summed E-state index contributed by atoms with van der Waals surface area (Å²) in [6.07, 6.45) is 0.770. The fourth-order valence-electron chi connectivity index (χ4n) is 2.98. The molecule has 32 heavy (non-hydrogen) atoms. The average molecular weight is 448 g/mol. The normalized spacial score (nSPS) is 10.8. The van der Waals surface area contributed by atoms with Crippen molar-refractivity contribution in [1.29, 1.82) is 0 Å². The van der Waals surface area contributed by atoms with Gasteiger partial charge in [-0.1, -0.05) is 72.4 Å². The highest BCUT2D eigenvalue weighted by Crippen LogP contribution is 2.17. The van der Waals surface area contributed by atoms with Crippen LogP contribution in [0.3, 0.4) is 0 Å². The first-order valence-corrected chi connectivity index (χ1v) is 11.1. The molecule has 0 aliphatic rings. The summed E-state index contributed by atoms with van der Waals surface area (Å²) in [5, 5.41) is 15.4. The number of amides is 1. The van der Waals surface area contributed by atoms with E-state index in [1.807, 2.05) is 60.7 Å². The Hall–Kier alpha value is -3.72. The lowest BCUT2D eigenvalue weighted by atomic mass is 10.1. The highest BCUT2D eigenvalue weighted by molar-refractivity contribution is 7.99. The van der Waals surface area contributed by atoms with Gasteiger partial charge in [-0.15, -0.1) is 10.2 Å². The van der Waals surface area contributed by atoms with Crippen LogP contribution in [0, 0.1) is 0 Å². The SMILES string of the molecule is O=C(CSc1nnc(Cn2nc(-c3ccccc3)ccc2=O)o1)NCCc1ccccc1. The third-order valence-electron chi connectivity index (χ3n) is 4.57. The van der Waals surface area contributed by atoms with Gasteiger partial charge >= 0.3 is 0 Å². The van der Waals surface area contributed by atoms with Gasteiger partial charge in [0, 0.05) is 18.2 Å². The number of aromatic nitrogens is 4. The Labute approximate surface area is 188 Å². The summed E-state index contributed by atoms with van der Waals surface area (Å²) in [5.41, 5.74) is 2.48. The van der Waals surface area contributed by atoms with Crippen LogP contribution in [-0.4, -0.2) is 38.2 Å². The molecule has 0 spiro atoms. The van der Waals surface area contributed by atoms with Gasteiger partial charge in [0.2, 0.25) is 11.8 Å². The molecule has 2 aromatic carbocycles. The quantitative estimate of drug-likeness (QED) is 0.394. The van der Waals surface area contributed by atoms with Crippen molar-refractivity contribution in [3.8, 4) is 11.3 Å². The number of nitrogens with zero attached hydrogens (tertiary/aromatic N) is 4. The molecule has 0 radical (unpaired) electrons. The van der Waals surface area contributed by atoms with Crippen molar-refractivity contribution in [1.82, 2.24) is 25.3 Å². The zero-order valence-corrected chi connectivity index (χ0v) is 18.0. The summed E-state index contributed by atoms with van der Waals surface area (Å²) in [5.74, 6) is 0.300. The summed E-state index contributed by atoms with van der Waals surface area (Å²) in [6.45, 7) is 0.612. The zero-order chi connectivity index (χ0) is 22.2. The Morgan fingerprint density at radius 2 is 1.72 bits per heavy atom. The molecular weight excluding hydrogens is 426 g/mol. The molecule has 0 fully saturated rings. The van der Waals surface area contributed by atoms with E-state index in [-0.39, 0.29) is 34.9 Å². The van der Waals surface area contributed by atoms with Crippen LogP contribution >= 0.6 is 11.8 Å². The largest absolute Gasteiger partial charge is 0.414 e. The van der Waals surface area contributed by atoms with Gasteiger partial charge in [-0.2, -0.15) is 5.10 Å². The standard InChI is InChI=1S/C23H21N5O3S/c29-20(24-14-13-17-7-3-1-4-8-17)16-32-23-26-25-21(31-23)15-28-22(30)12-11-19(27-28)18-9-5-2-6-10-18/h1-12H,13-16H2,(H,24,29). The Morgan fingerprint density at radius 3 is 2.50 bits per heavy atom. The number of hydrogen-bond donors (Lipinski definition) is 1. The molecule has 2 aromatic heterocycles. The molecule has 1 N–H and O–H groups in total. The van der Waals surface area contributed by atoms with Crippen molar-refractivity contribution in [2.75, 3.05) is 12.3 Å². The van der Waals surface area contributed by atoms with Gasteiger partial charge in [0.1, 0.15) is 6.54 Å². The molecule has 0 atom stereocenters. The first-order valence-electron chi connectivity index (χ1n) is 10.1. The van der Waals surface area contributed by atoms with Crippen LogP contribution < -0.4 is 10.9 Å². The lowest BCUT2D eigenvalue weighted by Crippen LogP contribution is -2.27. The number of benzene rings is 2. The van der Waals surface area contributed by atoms with Gasteiger partial charge < -0.3 is 9.73 Å². The fraction of sp³-hybridized carbons (Fsp3) is 0.174. The van der Waals surface area contributed by atoms with Crippen molar-refractivity contribution < 1.29 is 9.21 Å². The first-order chi connectivity index (χ1) is 15.7. The molecule has 4 aromatic rings. The van der Waals surface area contributed by atoms with E-state index in [1.54, 1.807) is 6.07 Å². The molecule has 4 rings (SSSR count). The zero-order valence-electron chi connectivity index (χ0n) is 17.2. The van der Waals surface area contributed by atoms with Crippen molar-refractivity contribution in [2.45, 2.75) is 18.2 Å². The fourth-order valence-corrected chi connectivity index (χ4v) is 3.59. The van der Waals surface area contributed by atoms with Crippen LogP contribution in [0.4, 0.5) is 0 Å². The topological polar surface area (TPSA) is 103 Å². The van der Waals surface area contributed by atoms with E-state index >= 15 is 0 Å². The molecule has 0 saturated carbocycles. The van der Waals surface area contributed by atoms with E-state index in [0.29, 0.717) is 12.2 Å². The summed E-state index contributed by atoms with van der Waals surface area (Å²) < 4.78 is 6.85. The summed E-state index contributed by atoms with van der Waals surface area (Å²) in [6, 6.07) is 22.7. The lowest BCUT2D eigenvalue weighted by Gasteiger charge is -2.05. The van der Waals surface area contributed by atoms with Gasteiger partial charge in [-0.05, 0) is 18.1 Å². The lowest BCUT2D eigenvalue weighted by molar-refractivity contribution is -0.118. The van der Waals surface area contributed by atoms with Crippen LogP contribution in [-0.2, 0) is 17.8 Å². The van der Waals surface area contributed by atoms with E-state index in [0.717, 1.165) is 23.7 Å². The predicted octanol–water partition coefficient (Wildman–Crippen LogP) is 2.79. The Morgan fingerprint density at radius 1 is 0.969 bits per heavy atom. The Bertz CT molecular complexity index is 1230. The molecule has 0 bridgehead atoms. The predicted molar refractivity (Wildman–Crippen MR) is 121 cm³/mol. The van der Waals surface area contributed by atoms with Crippen LogP contribution in [0.5, 0.6) is 0 Å². The van der Waals surface area contributed by atoms with Gasteiger partial charge in [0.15, 0.2) is 0 Å². The summed E-state index contributed by atoms with van der Waals surface area (Å²) in [7, 11) is 0. The maximum Gasteiger partial charge on any atom is 0.277 e. The molecule has 8 nitrogen and oxygen atoms in total. The van der Waals surface area contributed by atoms with E-state index < -0.39 is 0 Å². The Balaban J connectivity index is 1.29. The van der Waals surface area contributed by atoms with Gasteiger partial charge in [-0.25, -0.2) is 4.68 Å². The molecule has 0 saturated heterocycles. The minimum Gasteiger partial charge on any atom is -0.414 e. The second-order valence-corrected chi connectivity index (χ2v) is 7.84. The van der Waals surface area contributed by atoms with E-state index in [9.17, 15) is 9.59 Å². The number of thioether (sulfide) groups is 1. The molecule has 0 aliphatic carbocycles. The molecule has 2 heterocycles. The number of carbonyl (C=O) groups is 1. The maximum absolute atomic E-state index is 12.2. The molecule has 1 amide bonds. The third kappa shape index (κ3) is 5.92. The number of rotatable bonds is 9. The summed E-state index contributed by atoms with van der Waals surface area (Å²) >= 11 is 1.15. The first kappa shape index (κ1) is 21.5. The van der Waals surface area contributed by atoms with Crippen molar-refractivity contribution >= 4 is 17.7 Å². The van der Waals surface area contributed by atoms with Crippen molar-refractivity contribution in [2.24, 2.45) is 0 Å². The van der Waals surface area contributed by atoms with Crippen LogP contribution in [0.1, 0.15) is 11.5 Å². The van der Waals surface area contributed by atoms with Gasteiger partial charge in [0.25, 0.3) is 10.8 Å². The van der Waals surface area contributed by atoms with Crippen LogP contribution in [0.2, 0.25) is 0 Å². The number of nitrogens with one attached hydrogen (secondary N) is 1. The highest BCUT2D eigenvalue weighted by atomic mass is 32.2. The van der Waals surface area contributed by atoms with E-state index in [2.05, 4.69) is 20.6 Å². The smallest absolute Gasteiger partial charge is 0.277 e. The average Bonchev–Trinajstić information content (AvgIpc) is 3.28. The van der Waals surface area contributed by atoms with Crippen LogP contribution in [0.25, 0.3) is 11.3 Å². The highest BCUT2D eigenvalue weighted by Gasteiger charge is 2.12. The number of hydrogen-bond acceptors (Lipinski definition) is 7. The second-order valence-electron chi connectivity index (χ2n) is 6.92. The van der Waals surface area contributed by atoms with Crippen LogP contribution in [0.15, 0.2) is 87.2 Å². The molecular formula is C23H21N5O3S. The molecule has 9 heteroatoms. The number of carbonyl (C=O) groups excluding carboxylic acids is 1. The van der Waals surface area contributed by atoms with E-state index in [1.165, 1.54) is 16.3 Å². The molecule has 0 unspecified atom stereocenters. The van der Waals surface area contributed by atoms with Crippen molar-refractivity contribution in [3.05, 3.63) is 94.6 Å². The monoisotopic (exact) mass is 447 g/mol. The van der Waals surface area contributed by atoms with E-state index in [4.69, 9.17) is 4.42 Å². The summed E-state index contributed by atoms with van der Waals surface area (Å²) in [4.78, 5) is 24.2.